The van der Waals surface area contributed by atoms with Gasteiger partial charge in [-0.2, -0.15) is 0 Å². The van der Waals surface area contributed by atoms with Crippen molar-refractivity contribution in [2.75, 3.05) is 0 Å². The van der Waals surface area contributed by atoms with Gasteiger partial charge in [0.15, 0.2) is 0 Å². The van der Waals surface area contributed by atoms with Crippen LogP contribution in [0.5, 0.6) is 0 Å². The molecule has 0 unspecified atom stereocenters. The van der Waals surface area contributed by atoms with Crippen molar-refractivity contribution in [2.24, 2.45) is 0 Å². The third kappa shape index (κ3) is 2.98. The van der Waals surface area contributed by atoms with Crippen LogP contribution >= 0.6 is 27.5 Å². The first kappa shape index (κ1) is 18.7. The van der Waals surface area contributed by atoms with Crippen LogP contribution in [0.4, 0.5) is 0 Å². The lowest BCUT2D eigenvalue weighted by Crippen LogP contribution is -1.94. The van der Waals surface area contributed by atoms with Crippen molar-refractivity contribution in [3.8, 4) is 16.8 Å². The molecule has 0 saturated heterocycles. The van der Waals surface area contributed by atoms with Gasteiger partial charge in [-0.3, -0.25) is 0 Å². The Labute approximate surface area is 193 Å². The van der Waals surface area contributed by atoms with Gasteiger partial charge in [0.1, 0.15) is 0 Å². The molecule has 0 aliphatic rings. The van der Waals surface area contributed by atoms with E-state index in [0.717, 1.165) is 20.7 Å². The molecule has 148 valence electrons. The van der Waals surface area contributed by atoms with E-state index in [2.05, 4.69) is 111 Å². The van der Waals surface area contributed by atoms with Crippen molar-refractivity contribution in [3.05, 3.63) is 113 Å². The van der Waals surface area contributed by atoms with Gasteiger partial charge in [0, 0.05) is 26.0 Å². The standard InChI is InChI=1S/C28H17BrClN/c29-19-14-18(15-20(30)16-19)25-17-27-28(23-11-5-4-10-22(23)25)24-12-6-7-13-26(24)31(27)21-8-2-1-3-9-21/h1-17H. The van der Waals surface area contributed by atoms with Gasteiger partial charge < -0.3 is 4.57 Å². The summed E-state index contributed by atoms with van der Waals surface area (Å²) in [6.07, 6.45) is 0. The number of benzene rings is 5. The van der Waals surface area contributed by atoms with Crippen LogP contribution in [0.2, 0.25) is 5.02 Å². The minimum atomic E-state index is 0.720. The topological polar surface area (TPSA) is 4.93 Å². The molecular weight excluding hydrogens is 466 g/mol. The molecule has 1 nitrogen and oxygen atoms in total. The zero-order chi connectivity index (χ0) is 20.9. The molecule has 5 aromatic carbocycles. The molecule has 0 N–H and O–H groups in total. The van der Waals surface area contributed by atoms with Crippen LogP contribution in [0.3, 0.4) is 0 Å². The molecule has 0 radical (unpaired) electrons. The Balaban J connectivity index is 1.85. The molecule has 6 rings (SSSR count). The molecule has 0 fully saturated rings. The maximum absolute atomic E-state index is 6.43. The first-order valence-corrected chi connectivity index (χ1v) is 11.3. The number of fused-ring (bicyclic) bond motifs is 5. The number of para-hydroxylation sites is 2. The van der Waals surface area contributed by atoms with E-state index in [9.17, 15) is 0 Å². The normalized spacial score (nSPS) is 11.5. The summed E-state index contributed by atoms with van der Waals surface area (Å²) >= 11 is 10.0. The summed E-state index contributed by atoms with van der Waals surface area (Å²) in [5, 5.41) is 5.73. The molecule has 3 heteroatoms. The second kappa shape index (κ2) is 7.26. The number of nitrogens with zero attached hydrogens (tertiary/aromatic N) is 1. The van der Waals surface area contributed by atoms with Gasteiger partial charge in [-0.1, -0.05) is 88.2 Å². The van der Waals surface area contributed by atoms with Crippen LogP contribution in [0.25, 0.3) is 49.4 Å². The van der Waals surface area contributed by atoms with Gasteiger partial charge in [-0.05, 0) is 64.4 Å². The van der Waals surface area contributed by atoms with E-state index in [1.807, 2.05) is 12.1 Å². The molecule has 0 aliphatic heterocycles. The van der Waals surface area contributed by atoms with E-state index in [1.165, 1.54) is 38.1 Å². The van der Waals surface area contributed by atoms with E-state index in [-0.39, 0.29) is 0 Å². The van der Waals surface area contributed by atoms with E-state index in [0.29, 0.717) is 0 Å². The lowest BCUT2D eigenvalue weighted by molar-refractivity contribution is 1.18. The summed E-state index contributed by atoms with van der Waals surface area (Å²) < 4.78 is 3.34. The lowest BCUT2D eigenvalue weighted by Gasteiger charge is -2.12. The molecule has 0 aliphatic carbocycles. The Bertz CT molecular complexity index is 1580. The smallest absolute Gasteiger partial charge is 0.0553 e. The number of halogens is 2. The zero-order valence-electron chi connectivity index (χ0n) is 16.5. The van der Waals surface area contributed by atoms with Crippen molar-refractivity contribution in [1.29, 1.82) is 0 Å². The minimum absolute atomic E-state index is 0.720. The van der Waals surface area contributed by atoms with E-state index in [1.54, 1.807) is 0 Å². The largest absolute Gasteiger partial charge is 0.309 e. The Kier molecular flexibility index (Phi) is 4.38. The van der Waals surface area contributed by atoms with Crippen molar-refractivity contribution in [3.63, 3.8) is 0 Å². The molecule has 1 heterocycles. The third-order valence-electron chi connectivity index (χ3n) is 5.87. The molecular formula is C28H17BrClN. The summed E-state index contributed by atoms with van der Waals surface area (Å²) in [6, 6.07) is 36.3. The predicted molar refractivity (Wildman–Crippen MR) is 136 cm³/mol. The Hall–Kier alpha value is -3.07. The monoisotopic (exact) mass is 481 g/mol. The highest BCUT2D eigenvalue weighted by Gasteiger charge is 2.17. The van der Waals surface area contributed by atoms with Gasteiger partial charge in [0.05, 0.1) is 11.0 Å². The molecule has 0 saturated carbocycles. The molecule has 0 amide bonds. The van der Waals surface area contributed by atoms with Crippen LogP contribution in [-0.2, 0) is 0 Å². The number of rotatable bonds is 2. The van der Waals surface area contributed by atoms with Crippen molar-refractivity contribution >= 4 is 60.1 Å². The van der Waals surface area contributed by atoms with Crippen LogP contribution in [0.15, 0.2) is 108 Å². The Morgan fingerprint density at radius 2 is 1.29 bits per heavy atom. The second-order valence-corrected chi connectivity index (χ2v) is 9.06. The third-order valence-corrected chi connectivity index (χ3v) is 6.54. The van der Waals surface area contributed by atoms with E-state index in [4.69, 9.17) is 11.6 Å². The second-order valence-electron chi connectivity index (χ2n) is 7.71. The van der Waals surface area contributed by atoms with Crippen LogP contribution in [-0.4, -0.2) is 4.57 Å². The first-order valence-electron chi connectivity index (χ1n) is 10.2. The van der Waals surface area contributed by atoms with Crippen LogP contribution < -0.4 is 0 Å². The summed E-state index contributed by atoms with van der Waals surface area (Å²) in [6.45, 7) is 0. The SMILES string of the molecule is Clc1cc(Br)cc(-c2cc3c(c4ccccc24)c2ccccc2n3-c2ccccc2)c1. The fourth-order valence-corrected chi connectivity index (χ4v) is 5.49. The highest BCUT2D eigenvalue weighted by Crippen LogP contribution is 2.42. The van der Waals surface area contributed by atoms with Crippen LogP contribution in [0.1, 0.15) is 0 Å². The summed E-state index contributed by atoms with van der Waals surface area (Å²) in [5.74, 6) is 0. The molecule has 6 aromatic rings. The summed E-state index contributed by atoms with van der Waals surface area (Å²) in [7, 11) is 0. The number of hydrogen-bond donors (Lipinski definition) is 0. The minimum Gasteiger partial charge on any atom is -0.309 e. The average molecular weight is 483 g/mol. The van der Waals surface area contributed by atoms with Gasteiger partial charge in [-0.25, -0.2) is 0 Å². The lowest BCUT2D eigenvalue weighted by atomic mass is 9.95. The van der Waals surface area contributed by atoms with Gasteiger partial charge >= 0.3 is 0 Å². The van der Waals surface area contributed by atoms with E-state index < -0.39 is 0 Å². The van der Waals surface area contributed by atoms with E-state index >= 15 is 0 Å². The fraction of sp³-hybridized carbons (Fsp3) is 0. The number of hydrogen-bond acceptors (Lipinski definition) is 0. The highest BCUT2D eigenvalue weighted by atomic mass is 79.9. The predicted octanol–water partition coefficient (Wildman–Crippen LogP) is 9.02. The number of aromatic nitrogens is 1. The van der Waals surface area contributed by atoms with Gasteiger partial charge in [0.2, 0.25) is 0 Å². The maximum Gasteiger partial charge on any atom is 0.0553 e. The highest BCUT2D eigenvalue weighted by molar-refractivity contribution is 9.10. The molecule has 0 spiro atoms. The van der Waals surface area contributed by atoms with Crippen molar-refractivity contribution in [1.82, 2.24) is 4.57 Å². The Morgan fingerprint density at radius 3 is 2.06 bits per heavy atom. The summed E-state index contributed by atoms with van der Waals surface area (Å²) in [5.41, 5.74) is 5.83. The fourth-order valence-electron chi connectivity index (χ4n) is 4.63. The first-order chi connectivity index (χ1) is 15.2. The molecule has 1 aromatic heterocycles. The van der Waals surface area contributed by atoms with Crippen molar-refractivity contribution < 1.29 is 0 Å². The Morgan fingerprint density at radius 1 is 0.613 bits per heavy atom. The zero-order valence-corrected chi connectivity index (χ0v) is 18.9. The van der Waals surface area contributed by atoms with Gasteiger partial charge in [0.25, 0.3) is 0 Å². The van der Waals surface area contributed by atoms with Crippen molar-refractivity contribution in [2.45, 2.75) is 0 Å². The maximum atomic E-state index is 6.43. The van der Waals surface area contributed by atoms with Crippen LogP contribution in [0, 0.1) is 0 Å². The quantitative estimate of drug-likeness (QED) is 0.232. The average Bonchev–Trinajstić information content (AvgIpc) is 3.13. The molecule has 0 atom stereocenters. The summed E-state index contributed by atoms with van der Waals surface area (Å²) in [4.78, 5) is 0. The molecule has 0 bridgehead atoms. The van der Waals surface area contributed by atoms with Gasteiger partial charge in [-0.15, -0.1) is 0 Å². The molecule has 31 heavy (non-hydrogen) atoms.